The van der Waals surface area contributed by atoms with Crippen molar-refractivity contribution in [3.05, 3.63) is 57.6 Å². The van der Waals surface area contributed by atoms with Crippen molar-refractivity contribution in [2.75, 3.05) is 6.54 Å². The van der Waals surface area contributed by atoms with Crippen LogP contribution in [0, 0.1) is 5.92 Å². The van der Waals surface area contributed by atoms with Crippen LogP contribution in [0.5, 0.6) is 0 Å². The van der Waals surface area contributed by atoms with E-state index in [4.69, 9.17) is 23.2 Å². The van der Waals surface area contributed by atoms with Gasteiger partial charge in [-0.15, -0.1) is 0 Å². The molecule has 2 aromatic rings. The zero-order valence-corrected chi connectivity index (χ0v) is 13.7. The van der Waals surface area contributed by atoms with Crippen LogP contribution < -0.4 is 5.32 Å². The van der Waals surface area contributed by atoms with E-state index in [0.717, 1.165) is 30.2 Å². The lowest BCUT2D eigenvalue weighted by Crippen LogP contribution is -2.20. The SMILES string of the molecule is CC(C)CNCc1ccnc(Cc2c(Cl)cccc2Cl)n1. The van der Waals surface area contributed by atoms with E-state index in [0.29, 0.717) is 22.4 Å². The summed E-state index contributed by atoms with van der Waals surface area (Å²) in [5.41, 5.74) is 1.84. The summed E-state index contributed by atoms with van der Waals surface area (Å²) in [4.78, 5) is 8.86. The van der Waals surface area contributed by atoms with Gasteiger partial charge in [0.15, 0.2) is 0 Å². The van der Waals surface area contributed by atoms with E-state index in [1.807, 2.05) is 24.3 Å². The van der Waals surface area contributed by atoms with Crippen molar-refractivity contribution in [1.82, 2.24) is 15.3 Å². The largest absolute Gasteiger partial charge is 0.311 e. The zero-order valence-electron chi connectivity index (χ0n) is 12.2. The number of rotatable bonds is 6. The van der Waals surface area contributed by atoms with Crippen molar-refractivity contribution in [1.29, 1.82) is 0 Å². The van der Waals surface area contributed by atoms with E-state index >= 15 is 0 Å². The number of hydrogen-bond acceptors (Lipinski definition) is 3. The van der Waals surface area contributed by atoms with Gasteiger partial charge >= 0.3 is 0 Å². The Morgan fingerprint density at radius 3 is 2.52 bits per heavy atom. The van der Waals surface area contributed by atoms with Gasteiger partial charge in [-0.25, -0.2) is 9.97 Å². The van der Waals surface area contributed by atoms with E-state index in [9.17, 15) is 0 Å². The molecular formula is C16H19Cl2N3. The predicted molar refractivity (Wildman–Crippen MR) is 87.8 cm³/mol. The summed E-state index contributed by atoms with van der Waals surface area (Å²) in [5, 5.41) is 4.67. The normalized spacial score (nSPS) is 11.1. The van der Waals surface area contributed by atoms with E-state index < -0.39 is 0 Å². The second kappa shape index (κ2) is 7.74. The Hall–Kier alpha value is -1.16. The van der Waals surface area contributed by atoms with Gasteiger partial charge in [-0.3, -0.25) is 0 Å². The summed E-state index contributed by atoms with van der Waals surface area (Å²) in [5.74, 6) is 1.35. The van der Waals surface area contributed by atoms with Crippen LogP contribution in [-0.2, 0) is 13.0 Å². The van der Waals surface area contributed by atoms with Crippen molar-refractivity contribution in [3.63, 3.8) is 0 Å². The molecule has 0 aliphatic rings. The molecule has 1 aromatic carbocycles. The van der Waals surface area contributed by atoms with Crippen LogP contribution in [0.3, 0.4) is 0 Å². The molecule has 0 saturated heterocycles. The smallest absolute Gasteiger partial charge is 0.133 e. The minimum absolute atomic E-state index is 0.538. The third kappa shape index (κ3) is 4.95. The standard InChI is InChI=1S/C16H19Cl2N3/c1-11(2)9-19-10-12-6-7-20-16(21-12)8-13-14(17)4-3-5-15(13)18/h3-7,11,19H,8-10H2,1-2H3. The molecule has 21 heavy (non-hydrogen) atoms. The van der Waals surface area contributed by atoms with Crippen LogP contribution in [-0.4, -0.2) is 16.5 Å². The summed E-state index contributed by atoms with van der Waals surface area (Å²) in [6.45, 7) is 6.06. The fourth-order valence-corrected chi connectivity index (χ4v) is 2.50. The number of aromatic nitrogens is 2. The second-order valence-electron chi connectivity index (χ2n) is 5.37. The molecule has 112 valence electrons. The minimum atomic E-state index is 0.538. The highest BCUT2D eigenvalue weighted by Gasteiger charge is 2.09. The Bertz CT molecular complexity index is 580. The quantitative estimate of drug-likeness (QED) is 0.868. The van der Waals surface area contributed by atoms with Crippen molar-refractivity contribution in [3.8, 4) is 0 Å². The highest BCUT2D eigenvalue weighted by Crippen LogP contribution is 2.25. The Labute approximate surface area is 135 Å². The van der Waals surface area contributed by atoms with Crippen LogP contribution in [0.2, 0.25) is 10.0 Å². The summed E-state index contributed by atoms with van der Waals surface area (Å²) in [7, 11) is 0. The molecule has 1 heterocycles. The first-order chi connectivity index (χ1) is 10.1. The Balaban J connectivity index is 2.07. The number of nitrogens with one attached hydrogen (secondary N) is 1. The van der Waals surface area contributed by atoms with Gasteiger partial charge in [0.1, 0.15) is 5.82 Å². The monoisotopic (exact) mass is 323 g/mol. The molecule has 1 N–H and O–H groups in total. The molecule has 0 spiro atoms. The molecule has 1 aromatic heterocycles. The highest BCUT2D eigenvalue weighted by atomic mass is 35.5. The van der Waals surface area contributed by atoms with E-state index in [2.05, 4.69) is 29.1 Å². The first-order valence-electron chi connectivity index (χ1n) is 7.00. The van der Waals surface area contributed by atoms with Crippen LogP contribution >= 0.6 is 23.2 Å². The van der Waals surface area contributed by atoms with Crippen molar-refractivity contribution < 1.29 is 0 Å². The molecule has 0 saturated carbocycles. The lowest BCUT2D eigenvalue weighted by Gasteiger charge is -2.09. The van der Waals surface area contributed by atoms with E-state index in [1.54, 1.807) is 6.20 Å². The molecule has 0 atom stereocenters. The van der Waals surface area contributed by atoms with Crippen molar-refractivity contribution in [2.45, 2.75) is 26.8 Å². The molecule has 0 unspecified atom stereocenters. The lowest BCUT2D eigenvalue weighted by molar-refractivity contribution is 0.547. The van der Waals surface area contributed by atoms with Crippen molar-refractivity contribution in [2.24, 2.45) is 5.92 Å². The number of hydrogen-bond donors (Lipinski definition) is 1. The van der Waals surface area contributed by atoms with Gasteiger partial charge in [0, 0.05) is 29.2 Å². The van der Waals surface area contributed by atoms with Gasteiger partial charge in [0.2, 0.25) is 0 Å². The van der Waals surface area contributed by atoms with Gasteiger partial charge in [-0.05, 0) is 36.2 Å². The minimum Gasteiger partial charge on any atom is -0.311 e. The maximum atomic E-state index is 6.19. The van der Waals surface area contributed by atoms with Crippen LogP contribution in [0.25, 0.3) is 0 Å². The molecule has 2 rings (SSSR count). The summed E-state index contributed by atoms with van der Waals surface area (Å²) in [6.07, 6.45) is 2.32. The highest BCUT2D eigenvalue weighted by molar-refractivity contribution is 6.36. The molecule has 0 aliphatic carbocycles. The number of benzene rings is 1. The summed E-state index contributed by atoms with van der Waals surface area (Å²) in [6, 6.07) is 7.42. The summed E-state index contributed by atoms with van der Waals surface area (Å²) >= 11 is 12.4. The van der Waals surface area contributed by atoms with Gasteiger partial charge < -0.3 is 5.32 Å². The van der Waals surface area contributed by atoms with Crippen LogP contribution in [0.1, 0.15) is 30.9 Å². The van der Waals surface area contributed by atoms with Gasteiger partial charge in [-0.1, -0.05) is 43.1 Å². The van der Waals surface area contributed by atoms with E-state index in [1.165, 1.54) is 0 Å². The average Bonchev–Trinajstić information content (AvgIpc) is 2.43. The number of halogens is 2. The molecule has 3 nitrogen and oxygen atoms in total. The van der Waals surface area contributed by atoms with Crippen LogP contribution in [0.15, 0.2) is 30.5 Å². The molecule has 0 radical (unpaired) electrons. The first kappa shape index (κ1) is 16.2. The Morgan fingerprint density at radius 1 is 1.14 bits per heavy atom. The van der Waals surface area contributed by atoms with Crippen LogP contribution in [0.4, 0.5) is 0 Å². The topological polar surface area (TPSA) is 37.8 Å². The number of nitrogens with zero attached hydrogens (tertiary/aromatic N) is 2. The third-order valence-corrected chi connectivity index (χ3v) is 3.73. The maximum absolute atomic E-state index is 6.19. The molecule has 5 heteroatoms. The maximum Gasteiger partial charge on any atom is 0.133 e. The van der Waals surface area contributed by atoms with E-state index in [-0.39, 0.29) is 0 Å². The first-order valence-corrected chi connectivity index (χ1v) is 7.76. The van der Waals surface area contributed by atoms with Gasteiger partial charge in [0.05, 0.1) is 5.69 Å². The lowest BCUT2D eigenvalue weighted by atomic mass is 10.1. The third-order valence-electron chi connectivity index (χ3n) is 3.02. The predicted octanol–water partition coefficient (Wildman–Crippen LogP) is 4.12. The fourth-order valence-electron chi connectivity index (χ4n) is 1.97. The zero-order chi connectivity index (χ0) is 15.2. The fraction of sp³-hybridized carbons (Fsp3) is 0.375. The molecule has 0 amide bonds. The van der Waals surface area contributed by atoms with Gasteiger partial charge in [-0.2, -0.15) is 0 Å². The molecule has 0 aliphatic heterocycles. The summed E-state index contributed by atoms with van der Waals surface area (Å²) < 4.78 is 0. The second-order valence-corrected chi connectivity index (χ2v) is 6.18. The Morgan fingerprint density at radius 2 is 1.86 bits per heavy atom. The molecular weight excluding hydrogens is 305 g/mol. The molecule has 0 fully saturated rings. The average molecular weight is 324 g/mol. The Kier molecular flexibility index (Phi) is 5.97. The van der Waals surface area contributed by atoms with Crippen molar-refractivity contribution >= 4 is 23.2 Å². The molecule has 0 bridgehead atoms. The van der Waals surface area contributed by atoms with Gasteiger partial charge in [0.25, 0.3) is 0 Å².